The second-order valence-corrected chi connectivity index (χ2v) is 8.49. The third-order valence-electron chi connectivity index (χ3n) is 6.84. The number of carbonyl (C=O) groups is 1. The van der Waals surface area contributed by atoms with E-state index in [1.54, 1.807) is 14.2 Å². The number of benzene rings is 1. The number of halogens is 2. The van der Waals surface area contributed by atoms with Crippen molar-refractivity contribution in [3.63, 3.8) is 0 Å². The lowest BCUT2D eigenvalue weighted by molar-refractivity contribution is -0.0936. The smallest absolute Gasteiger partial charge is 0.274 e. The Bertz CT molecular complexity index is 966. The van der Waals surface area contributed by atoms with Crippen molar-refractivity contribution in [1.82, 2.24) is 19.8 Å². The molecule has 1 aromatic heterocycles. The van der Waals surface area contributed by atoms with Crippen molar-refractivity contribution in [2.45, 2.75) is 37.8 Å². The summed E-state index contributed by atoms with van der Waals surface area (Å²) in [6, 6.07) is 4.13. The first-order valence-electron chi connectivity index (χ1n) is 11.1. The van der Waals surface area contributed by atoms with Crippen LogP contribution in [-0.4, -0.2) is 67.4 Å². The maximum atomic E-state index is 13.2. The minimum atomic E-state index is -0.374. The van der Waals surface area contributed by atoms with Crippen molar-refractivity contribution in [1.29, 1.82) is 0 Å². The van der Waals surface area contributed by atoms with Gasteiger partial charge in [-0.3, -0.25) is 4.79 Å². The van der Waals surface area contributed by atoms with Gasteiger partial charge in [-0.2, -0.15) is 0 Å². The predicted octanol–water partition coefficient (Wildman–Crippen LogP) is 2.59. The number of piperidine rings is 1. The molecule has 0 aliphatic carbocycles. The molecule has 1 saturated heterocycles. The number of imidazole rings is 1. The van der Waals surface area contributed by atoms with Gasteiger partial charge in [0.25, 0.3) is 5.91 Å². The summed E-state index contributed by atoms with van der Waals surface area (Å²) in [5.74, 6) is 2.48. The molecule has 2 aromatic rings. The van der Waals surface area contributed by atoms with Crippen molar-refractivity contribution in [3.8, 4) is 11.5 Å². The predicted molar refractivity (Wildman–Crippen MR) is 129 cm³/mol. The Kier molecular flexibility index (Phi) is 8.16. The quantitative estimate of drug-likeness (QED) is 0.700. The average Bonchev–Trinajstić information content (AvgIpc) is 3.09. The summed E-state index contributed by atoms with van der Waals surface area (Å²) >= 11 is 0. The fourth-order valence-corrected chi connectivity index (χ4v) is 5.11. The molecular weight excluding hydrogens is 467 g/mol. The summed E-state index contributed by atoms with van der Waals surface area (Å²) in [5.41, 5.74) is 2.60. The molecule has 1 aromatic carbocycles. The van der Waals surface area contributed by atoms with Crippen molar-refractivity contribution < 1.29 is 19.0 Å². The molecular formula is C23H32Cl2N4O4. The van der Waals surface area contributed by atoms with Crippen LogP contribution >= 0.6 is 24.8 Å². The Balaban J connectivity index is 0.00000153. The molecule has 182 valence electrons. The standard InChI is InChI=1S/C23H30N4O4.2ClH/c1-29-19-13-16-4-12-31-23(17(16)14-20(19)30-2)5-9-26(10-6-23)22(28)18-15-27-11-8-24-7-3-21(27)25-18;;/h13-15,24H,3-12H2,1-2H3;2*1H. The highest BCUT2D eigenvalue weighted by atomic mass is 35.5. The molecule has 1 N–H and O–H groups in total. The third kappa shape index (κ3) is 4.67. The van der Waals surface area contributed by atoms with E-state index in [1.165, 1.54) is 11.1 Å². The van der Waals surface area contributed by atoms with Crippen molar-refractivity contribution in [3.05, 3.63) is 41.0 Å². The van der Waals surface area contributed by atoms with Crippen LogP contribution in [0.4, 0.5) is 0 Å². The number of ether oxygens (including phenoxy) is 3. The van der Waals surface area contributed by atoms with Crippen LogP contribution in [0.3, 0.4) is 0 Å². The zero-order chi connectivity index (χ0) is 21.4. The third-order valence-corrected chi connectivity index (χ3v) is 6.84. The number of hydrogen-bond donors (Lipinski definition) is 1. The van der Waals surface area contributed by atoms with E-state index in [0.29, 0.717) is 25.4 Å². The fourth-order valence-electron chi connectivity index (χ4n) is 5.11. The maximum Gasteiger partial charge on any atom is 0.274 e. The summed E-state index contributed by atoms with van der Waals surface area (Å²) in [6.07, 6.45) is 5.15. The second-order valence-electron chi connectivity index (χ2n) is 8.49. The van der Waals surface area contributed by atoms with Gasteiger partial charge in [-0.25, -0.2) is 4.98 Å². The molecule has 1 amide bonds. The van der Waals surface area contributed by atoms with E-state index in [0.717, 1.165) is 62.6 Å². The highest BCUT2D eigenvalue weighted by Gasteiger charge is 2.42. The Morgan fingerprint density at radius 1 is 1.06 bits per heavy atom. The minimum absolute atomic E-state index is 0. The Morgan fingerprint density at radius 2 is 1.79 bits per heavy atom. The van der Waals surface area contributed by atoms with E-state index in [9.17, 15) is 4.79 Å². The molecule has 1 fully saturated rings. The molecule has 4 heterocycles. The second kappa shape index (κ2) is 10.5. The maximum absolute atomic E-state index is 13.2. The van der Waals surface area contributed by atoms with Crippen LogP contribution in [0.1, 0.15) is 40.3 Å². The lowest BCUT2D eigenvalue weighted by Gasteiger charge is -2.45. The average molecular weight is 499 g/mol. The minimum Gasteiger partial charge on any atom is -0.493 e. The summed E-state index contributed by atoms with van der Waals surface area (Å²) in [6.45, 7) is 4.65. The first kappa shape index (κ1) is 25.6. The summed E-state index contributed by atoms with van der Waals surface area (Å²) < 4.78 is 19.5. The Hall–Kier alpha value is -2.00. The van der Waals surface area contributed by atoms with Gasteiger partial charge in [-0.05, 0) is 42.5 Å². The van der Waals surface area contributed by atoms with Crippen LogP contribution < -0.4 is 14.8 Å². The molecule has 0 radical (unpaired) electrons. The number of nitrogens with zero attached hydrogens (tertiary/aromatic N) is 3. The van der Waals surface area contributed by atoms with Gasteiger partial charge < -0.3 is 29.0 Å². The topological polar surface area (TPSA) is 77.9 Å². The van der Waals surface area contributed by atoms with Crippen molar-refractivity contribution >= 4 is 30.7 Å². The number of amides is 1. The number of nitrogens with one attached hydrogen (secondary N) is 1. The monoisotopic (exact) mass is 498 g/mol. The molecule has 0 saturated carbocycles. The summed E-state index contributed by atoms with van der Waals surface area (Å²) in [4.78, 5) is 19.7. The van der Waals surface area contributed by atoms with Gasteiger partial charge in [-0.1, -0.05) is 0 Å². The first-order valence-corrected chi connectivity index (χ1v) is 11.1. The normalized spacial score (nSPS) is 18.8. The molecule has 0 atom stereocenters. The molecule has 8 nitrogen and oxygen atoms in total. The molecule has 3 aliphatic heterocycles. The highest BCUT2D eigenvalue weighted by molar-refractivity contribution is 5.92. The molecule has 33 heavy (non-hydrogen) atoms. The van der Waals surface area contributed by atoms with E-state index in [1.807, 2.05) is 11.1 Å². The molecule has 0 bridgehead atoms. The number of rotatable bonds is 3. The molecule has 3 aliphatic rings. The van der Waals surface area contributed by atoms with Gasteiger partial charge in [0.1, 0.15) is 11.5 Å². The van der Waals surface area contributed by atoms with Crippen LogP contribution in [-0.2, 0) is 29.7 Å². The van der Waals surface area contributed by atoms with Gasteiger partial charge in [0, 0.05) is 45.3 Å². The van der Waals surface area contributed by atoms with Crippen molar-refractivity contribution in [2.24, 2.45) is 0 Å². The fraction of sp³-hybridized carbons (Fsp3) is 0.565. The first-order chi connectivity index (χ1) is 15.1. The number of methoxy groups -OCH3 is 2. The zero-order valence-electron chi connectivity index (χ0n) is 19.1. The van der Waals surface area contributed by atoms with E-state index in [2.05, 4.69) is 27.0 Å². The van der Waals surface area contributed by atoms with E-state index in [-0.39, 0.29) is 36.3 Å². The largest absolute Gasteiger partial charge is 0.493 e. The number of likely N-dealkylation sites (tertiary alicyclic amines) is 1. The summed E-state index contributed by atoms with van der Waals surface area (Å²) in [7, 11) is 3.32. The van der Waals surface area contributed by atoms with Crippen molar-refractivity contribution in [2.75, 3.05) is 47.0 Å². The zero-order valence-corrected chi connectivity index (χ0v) is 20.7. The SMILES string of the molecule is COc1cc2c(cc1OC)C1(CCN(C(=O)c3cn4c(n3)CCNCC4)CC1)OCC2.Cl.Cl. The summed E-state index contributed by atoms with van der Waals surface area (Å²) in [5, 5.41) is 3.36. The lowest BCUT2D eigenvalue weighted by atomic mass is 9.79. The van der Waals surface area contributed by atoms with Crippen LogP contribution in [0.25, 0.3) is 0 Å². The van der Waals surface area contributed by atoms with Crippen LogP contribution in [0.2, 0.25) is 0 Å². The highest BCUT2D eigenvalue weighted by Crippen LogP contribution is 2.45. The van der Waals surface area contributed by atoms with Gasteiger partial charge in [0.2, 0.25) is 0 Å². The van der Waals surface area contributed by atoms with Crippen LogP contribution in [0, 0.1) is 0 Å². The van der Waals surface area contributed by atoms with Crippen LogP contribution in [0.5, 0.6) is 11.5 Å². The number of fused-ring (bicyclic) bond motifs is 3. The Labute approximate surface area is 206 Å². The number of hydrogen-bond acceptors (Lipinski definition) is 6. The molecule has 5 rings (SSSR count). The van der Waals surface area contributed by atoms with Crippen LogP contribution in [0.15, 0.2) is 18.3 Å². The molecule has 0 unspecified atom stereocenters. The van der Waals surface area contributed by atoms with E-state index in [4.69, 9.17) is 14.2 Å². The van der Waals surface area contributed by atoms with Gasteiger partial charge in [-0.15, -0.1) is 24.8 Å². The number of carbonyl (C=O) groups excluding carboxylic acids is 1. The Morgan fingerprint density at radius 3 is 2.52 bits per heavy atom. The van der Waals surface area contributed by atoms with E-state index >= 15 is 0 Å². The van der Waals surface area contributed by atoms with Gasteiger partial charge in [0.15, 0.2) is 11.5 Å². The number of aromatic nitrogens is 2. The lowest BCUT2D eigenvalue weighted by Crippen LogP contribution is -2.48. The molecule has 1 spiro atoms. The van der Waals surface area contributed by atoms with E-state index < -0.39 is 0 Å². The van der Waals surface area contributed by atoms with Gasteiger partial charge in [0.05, 0.1) is 26.4 Å². The molecule has 10 heteroatoms. The van der Waals surface area contributed by atoms with Gasteiger partial charge >= 0.3 is 0 Å².